The van der Waals surface area contributed by atoms with Gasteiger partial charge in [0.15, 0.2) is 11.6 Å². The number of carbonyl (C=O) groups is 1. The first kappa shape index (κ1) is 21.1. The van der Waals surface area contributed by atoms with Crippen molar-refractivity contribution in [1.82, 2.24) is 15.0 Å². The molecule has 0 saturated heterocycles. The minimum atomic E-state index is -0.999. The van der Waals surface area contributed by atoms with Gasteiger partial charge in [0.25, 0.3) is 0 Å². The van der Waals surface area contributed by atoms with Crippen LogP contribution in [0.1, 0.15) is 45.2 Å². The summed E-state index contributed by atoms with van der Waals surface area (Å²) in [4.78, 5) is 24.3. The second kappa shape index (κ2) is 9.28. The van der Waals surface area contributed by atoms with Gasteiger partial charge in [-0.1, -0.05) is 0 Å². The Morgan fingerprint density at radius 1 is 1.17 bits per heavy atom. The van der Waals surface area contributed by atoms with Crippen molar-refractivity contribution in [3.8, 4) is 11.3 Å². The smallest absolute Gasteiger partial charge is 0.169 e. The van der Waals surface area contributed by atoms with Gasteiger partial charge in [0.1, 0.15) is 11.9 Å². The Balaban J connectivity index is 1.82. The van der Waals surface area contributed by atoms with Crippen molar-refractivity contribution in [2.45, 2.75) is 57.3 Å². The van der Waals surface area contributed by atoms with Gasteiger partial charge in [0, 0.05) is 24.9 Å². The van der Waals surface area contributed by atoms with Gasteiger partial charge < -0.3 is 25.3 Å². The van der Waals surface area contributed by atoms with E-state index >= 15 is 0 Å². The standard InChI is InChI=1S/C21H29N5O3/c1-21(2,28)18-9-4-14(12-23-18)17-13-24-19(22-10-11-27)20(26-17)25-15-5-7-16(29-3)8-6-15/h4,9,11-13,15-16,28H,5-8,10H2,1-3H3,(H,22,24)(H,25,26)/t15-,16-/i1+1,2+1,10+1,11+1,21+1. The molecule has 0 aromatic carbocycles. The summed E-state index contributed by atoms with van der Waals surface area (Å²) in [6.07, 6.45) is 8.42. The number of ether oxygens (including phenoxy) is 1. The summed E-state index contributed by atoms with van der Waals surface area (Å²) in [5, 5.41) is 16.6. The topological polar surface area (TPSA) is 109 Å². The molecule has 2 heterocycles. The van der Waals surface area contributed by atoms with E-state index in [2.05, 4.69) is 20.6 Å². The van der Waals surface area contributed by atoms with Crippen molar-refractivity contribution < 1.29 is 14.6 Å². The third-order valence-electron chi connectivity index (χ3n) is 5.16. The van der Waals surface area contributed by atoms with Gasteiger partial charge >= 0.3 is 0 Å². The van der Waals surface area contributed by atoms with Crippen LogP contribution in [-0.4, -0.2) is 52.1 Å². The van der Waals surface area contributed by atoms with Crippen molar-refractivity contribution in [3.05, 3.63) is 30.2 Å². The van der Waals surface area contributed by atoms with Gasteiger partial charge in [-0.2, -0.15) is 0 Å². The number of pyridine rings is 1. The third-order valence-corrected chi connectivity index (χ3v) is 5.16. The number of aldehydes is 1. The number of aliphatic hydroxyl groups is 1. The van der Waals surface area contributed by atoms with E-state index < -0.39 is 5.60 Å². The zero-order valence-corrected chi connectivity index (χ0v) is 17.2. The molecule has 0 unspecified atom stereocenters. The van der Waals surface area contributed by atoms with Crippen LogP contribution in [0.15, 0.2) is 24.5 Å². The molecule has 0 bridgehead atoms. The highest BCUT2D eigenvalue weighted by molar-refractivity contribution is 5.69. The lowest BCUT2D eigenvalue weighted by atomic mass is 9.93. The molecule has 3 N–H and O–H groups in total. The summed E-state index contributed by atoms with van der Waals surface area (Å²) >= 11 is 0. The molecule has 156 valence electrons. The zero-order chi connectivity index (χ0) is 20.9. The molecule has 1 fully saturated rings. The van der Waals surface area contributed by atoms with Crippen LogP contribution < -0.4 is 10.6 Å². The fraction of sp³-hybridized carbons (Fsp3) is 0.524. The normalized spacial score (nSPS) is 19.6. The van der Waals surface area contributed by atoms with Crippen molar-refractivity contribution in [3.63, 3.8) is 0 Å². The van der Waals surface area contributed by atoms with Crippen LogP contribution in [0, 0.1) is 0 Å². The fourth-order valence-electron chi connectivity index (χ4n) is 3.44. The number of anilines is 2. The Hall–Kier alpha value is -2.58. The van der Waals surface area contributed by atoms with Crippen LogP contribution >= 0.6 is 0 Å². The van der Waals surface area contributed by atoms with E-state index in [1.54, 1.807) is 39.4 Å². The van der Waals surface area contributed by atoms with E-state index in [0.29, 0.717) is 29.1 Å². The monoisotopic (exact) mass is 404 g/mol. The molecule has 1 aliphatic rings. The Bertz CT molecular complexity index is 812. The molecule has 2 aromatic heterocycles. The van der Waals surface area contributed by atoms with Crippen LogP contribution in [0.4, 0.5) is 11.6 Å². The van der Waals surface area contributed by atoms with Gasteiger partial charge in [0.2, 0.25) is 0 Å². The summed E-state index contributed by atoms with van der Waals surface area (Å²) in [5.74, 6) is 1.17. The summed E-state index contributed by atoms with van der Waals surface area (Å²) in [5.41, 5.74) is 1.07. The van der Waals surface area contributed by atoms with Crippen LogP contribution in [0.25, 0.3) is 11.3 Å². The first-order valence-corrected chi connectivity index (χ1v) is 9.94. The minimum Gasteiger partial charge on any atom is -0.384 e. The van der Waals surface area contributed by atoms with Crippen molar-refractivity contribution in [2.75, 3.05) is 24.3 Å². The number of nitrogens with one attached hydrogen (secondary N) is 2. The molecule has 1 saturated carbocycles. The van der Waals surface area contributed by atoms with E-state index in [-0.39, 0.29) is 12.6 Å². The Labute approximate surface area is 171 Å². The van der Waals surface area contributed by atoms with E-state index in [1.165, 1.54) is 0 Å². The lowest BCUT2D eigenvalue weighted by molar-refractivity contribution is -0.106. The highest BCUT2D eigenvalue weighted by atomic mass is 16.5. The van der Waals surface area contributed by atoms with Crippen LogP contribution in [0.5, 0.6) is 0 Å². The highest BCUT2D eigenvalue weighted by Gasteiger charge is 2.22. The van der Waals surface area contributed by atoms with Gasteiger partial charge in [-0.25, -0.2) is 9.97 Å². The first-order valence-electron chi connectivity index (χ1n) is 9.94. The molecular weight excluding hydrogens is 375 g/mol. The molecule has 29 heavy (non-hydrogen) atoms. The van der Waals surface area contributed by atoms with E-state index in [1.807, 2.05) is 6.07 Å². The Morgan fingerprint density at radius 3 is 2.52 bits per heavy atom. The number of carbonyl (C=O) groups excluding carboxylic acids is 1. The minimum absolute atomic E-state index is 0.168. The summed E-state index contributed by atoms with van der Waals surface area (Å²) < 4.78 is 5.45. The Morgan fingerprint density at radius 2 is 1.93 bits per heavy atom. The Kier molecular flexibility index (Phi) is 6.76. The highest BCUT2D eigenvalue weighted by Crippen LogP contribution is 2.28. The summed E-state index contributed by atoms with van der Waals surface area (Å²) in [7, 11) is 1.76. The van der Waals surface area contributed by atoms with E-state index in [4.69, 9.17) is 9.72 Å². The fourth-order valence-corrected chi connectivity index (χ4v) is 3.44. The maximum atomic E-state index is 10.8. The maximum absolute atomic E-state index is 10.8. The average molecular weight is 404 g/mol. The molecule has 2 aromatic rings. The van der Waals surface area contributed by atoms with Crippen molar-refractivity contribution in [2.24, 2.45) is 0 Å². The molecule has 0 spiro atoms. The summed E-state index contributed by atoms with van der Waals surface area (Å²) in [6, 6.07) is 3.93. The van der Waals surface area contributed by atoms with Crippen LogP contribution in [0.2, 0.25) is 0 Å². The second-order valence-corrected chi connectivity index (χ2v) is 7.84. The quantitative estimate of drug-likeness (QED) is 0.455. The number of aromatic nitrogens is 3. The van der Waals surface area contributed by atoms with Gasteiger partial charge in [-0.3, -0.25) is 4.98 Å². The largest absolute Gasteiger partial charge is 0.384 e. The molecule has 0 aliphatic heterocycles. The number of hydrogen-bond acceptors (Lipinski definition) is 8. The number of nitrogens with zero attached hydrogens (tertiary/aromatic N) is 3. The molecule has 0 amide bonds. The molecule has 8 nitrogen and oxygen atoms in total. The van der Waals surface area contributed by atoms with E-state index in [9.17, 15) is 9.90 Å². The molecule has 0 radical (unpaired) electrons. The SMILES string of the molecule is CO[C@H]1CC[C@H](Nc2nc(-c3ccc([13C]([13CH3])([13CH3])O)nc3)cnc2N[13CH2][13CH]=O)CC1. The first-order chi connectivity index (χ1) is 13.9. The summed E-state index contributed by atoms with van der Waals surface area (Å²) in [6.45, 7) is 3.56. The maximum Gasteiger partial charge on any atom is 0.169 e. The number of rotatable bonds is 8. The lowest BCUT2D eigenvalue weighted by Crippen LogP contribution is -2.30. The molecule has 0 atom stereocenters. The predicted molar refractivity (Wildman–Crippen MR) is 112 cm³/mol. The molecule has 1 aliphatic carbocycles. The van der Waals surface area contributed by atoms with Gasteiger partial charge in [-0.15, -0.1) is 0 Å². The zero-order valence-electron chi connectivity index (χ0n) is 17.2. The van der Waals surface area contributed by atoms with Crippen LogP contribution in [-0.2, 0) is 15.1 Å². The number of hydrogen-bond donors (Lipinski definition) is 3. The second-order valence-electron chi connectivity index (χ2n) is 7.84. The number of methoxy groups -OCH3 is 1. The van der Waals surface area contributed by atoms with E-state index in [0.717, 1.165) is 37.5 Å². The lowest BCUT2D eigenvalue weighted by Gasteiger charge is -2.29. The van der Waals surface area contributed by atoms with Crippen molar-refractivity contribution in [1.29, 1.82) is 0 Å². The molecular formula is C21H29N5O3. The average Bonchev–Trinajstić information content (AvgIpc) is 2.73. The molecule has 8 heteroatoms. The van der Waals surface area contributed by atoms with Gasteiger partial charge in [-0.05, 0) is 51.7 Å². The molecule has 3 rings (SSSR count). The van der Waals surface area contributed by atoms with Crippen molar-refractivity contribution >= 4 is 17.9 Å². The van der Waals surface area contributed by atoms with Gasteiger partial charge in [0.05, 0.1) is 30.2 Å². The third kappa shape index (κ3) is 5.48. The van der Waals surface area contributed by atoms with Crippen LogP contribution in [0.3, 0.4) is 0 Å². The predicted octanol–water partition coefficient (Wildman–Crippen LogP) is 2.75.